The molecule has 1 aromatic heterocycles. The molecule has 5 heteroatoms. The van der Waals surface area contributed by atoms with Gasteiger partial charge in [0, 0.05) is 12.7 Å². The van der Waals surface area contributed by atoms with Crippen LogP contribution in [0, 0.1) is 0 Å². The zero-order valence-electron chi connectivity index (χ0n) is 10.8. The van der Waals surface area contributed by atoms with Crippen LogP contribution >= 0.6 is 0 Å². The second kappa shape index (κ2) is 5.14. The summed E-state index contributed by atoms with van der Waals surface area (Å²) in [5, 5.41) is 9.44. The fourth-order valence-electron chi connectivity index (χ4n) is 2.10. The van der Waals surface area contributed by atoms with Crippen LogP contribution in [0.15, 0.2) is 29.2 Å². The van der Waals surface area contributed by atoms with Gasteiger partial charge in [0.1, 0.15) is 11.3 Å². The molecule has 0 bridgehead atoms. The summed E-state index contributed by atoms with van der Waals surface area (Å²) in [4.78, 5) is 23.2. The lowest BCUT2D eigenvalue weighted by molar-refractivity contribution is 0.0695. The molecule has 0 aliphatic heterocycles. The summed E-state index contributed by atoms with van der Waals surface area (Å²) < 4.78 is 7.24. The van der Waals surface area contributed by atoms with E-state index in [1.165, 1.54) is 6.20 Å². The monoisotopic (exact) mass is 261 g/mol. The van der Waals surface area contributed by atoms with Gasteiger partial charge < -0.3 is 14.4 Å². The van der Waals surface area contributed by atoms with Crippen LogP contribution in [0.2, 0.25) is 0 Å². The van der Waals surface area contributed by atoms with Gasteiger partial charge in [-0.15, -0.1) is 0 Å². The van der Waals surface area contributed by atoms with Crippen LogP contribution in [0.1, 0.15) is 24.2 Å². The molecule has 0 spiro atoms. The van der Waals surface area contributed by atoms with Gasteiger partial charge in [-0.25, -0.2) is 4.79 Å². The van der Waals surface area contributed by atoms with Crippen molar-refractivity contribution in [3.8, 4) is 5.75 Å². The number of nitrogens with zero attached hydrogens (tertiary/aromatic N) is 1. The number of fused-ring (bicyclic) bond motifs is 1. The number of aryl methyl sites for hydroxylation is 1. The van der Waals surface area contributed by atoms with Crippen molar-refractivity contribution < 1.29 is 14.6 Å². The largest absolute Gasteiger partial charge is 0.492 e. The Bertz CT molecular complexity index is 688. The normalized spacial score (nSPS) is 10.6. The minimum atomic E-state index is -1.21. The van der Waals surface area contributed by atoms with Crippen LogP contribution in [0.5, 0.6) is 5.75 Å². The van der Waals surface area contributed by atoms with Gasteiger partial charge in [-0.1, -0.05) is 6.07 Å². The van der Waals surface area contributed by atoms with E-state index in [1.54, 1.807) is 22.8 Å². The predicted molar refractivity (Wildman–Crippen MR) is 72.0 cm³/mol. The van der Waals surface area contributed by atoms with E-state index >= 15 is 0 Å². The SMILES string of the molecule is CCOc1cccc2c(=O)c(C(=O)O)cn(CC)c12. The molecule has 5 nitrogen and oxygen atoms in total. The lowest BCUT2D eigenvalue weighted by Gasteiger charge is -2.14. The van der Waals surface area contributed by atoms with Crippen molar-refractivity contribution in [3.05, 3.63) is 40.2 Å². The Hall–Kier alpha value is -2.30. The fourth-order valence-corrected chi connectivity index (χ4v) is 2.10. The van der Waals surface area contributed by atoms with E-state index < -0.39 is 11.4 Å². The van der Waals surface area contributed by atoms with E-state index in [2.05, 4.69) is 0 Å². The van der Waals surface area contributed by atoms with E-state index in [4.69, 9.17) is 9.84 Å². The van der Waals surface area contributed by atoms with Crippen molar-refractivity contribution in [1.29, 1.82) is 0 Å². The van der Waals surface area contributed by atoms with E-state index in [1.807, 2.05) is 13.8 Å². The smallest absolute Gasteiger partial charge is 0.341 e. The second-order valence-corrected chi connectivity index (χ2v) is 4.05. The summed E-state index contributed by atoms with van der Waals surface area (Å²) in [5.41, 5.74) is -0.0569. The number of rotatable bonds is 4. The van der Waals surface area contributed by atoms with Crippen molar-refractivity contribution >= 4 is 16.9 Å². The Morgan fingerprint density at radius 2 is 2.11 bits per heavy atom. The second-order valence-electron chi connectivity index (χ2n) is 4.05. The number of hydrogen-bond donors (Lipinski definition) is 1. The zero-order valence-corrected chi connectivity index (χ0v) is 10.8. The number of pyridine rings is 1. The topological polar surface area (TPSA) is 68.5 Å². The van der Waals surface area contributed by atoms with Crippen molar-refractivity contribution in [2.75, 3.05) is 6.61 Å². The number of para-hydroxylation sites is 1. The van der Waals surface area contributed by atoms with Crippen molar-refractivity contribution in [2.45, 2.75) is 20.4 Å². The highest BCUT2D eigenvalue weighted by Gasteiger charge is 2.16. The number of aromatic nitrogens is 1. The lowest BCUT2D eigenvalue weighted by atomic mass is 10.1. The molecule has 1 aromatic carbocycles. The third kappa shape index (κ3) is 2.19. The molecule has 2 rings (SSSR count). The molecule has 1 N–H and O–H groups in total. The lowest BCUT2D eigenvalue weighted by Crippen LogP contribution is -2.19. The van der Waals surface area contributed by atoms with E-state index in [0.717, 1.165) is 0 Å². The summed E-state index contributed by atoms with van der Waals surface area (Å²) in [5.74, 6) is -0.619. The zero-order chi connectivity index (χ0) is 14.0. The molecule has 0 atom stereocenters. The van der Waals surface area contributed by atoms with Gasteiger partial charge in [-0.2, -0.15) is 0 Å². The van der Waals surface area contributed by atoms with Crippen molar-refractivity contribution in [1.82, 2.24) is 4.57 Å². The van der Waals surface area contributed by atoms with E-state index in [-0.39, 0.29) is 5.56 Å². The maximum Gasteiger partial charge on any atom is 0.341 e. The van der Waals surface area contributed by atoms with Gasteiger partial charge >= 0.3 is 5.97 Å². The highest BCUT2D eigenvalue weighted by Crippen LogP contribution is 2.24. The first-order chi connectivity index (χ1) is 9.10. The summed E-state index contributed by atoms with van der Waals surface area (Å²) in [6.07, 6.45) is 1.37. The first kappa shape index (κ1) is 13.1. The van der Waals surface area contributed by atoms with Crippen LogP contribution in [-0.4, -0.2) is 22.2 Å². The van der Waals surface area contributed by atoms with Gasteiger partial charge in [0.15, 0.2) is 0 Å². The molecule has 0 fully saturated rings. The molecular weight excluding hydrogens is 246 g/mol. The highest BCUT2D eigenvalue weighted by molar-refractivity contribution is 5.94. The molecule has 1 heterocycles. The number of aromatic carboxylic acids is 1. The van der Waals surface area contributed by atoms with Gasteiger partial charge in [-0.3, -0.25) is 4.79 Å². The standard InChI is InChI=1S/C14H15NO4/c1-3-15-8-10(14(17)18)13(16)9-6-5-7-11(12(9)15)19-4-2/h5-8H,3-4H2,1-2H3,(H,17,18). The first-order valence-corrected chi connectivity index (χ1v) is 6.12. The molecule has 0 aliphatic rings. The first-order valence-electron chi connectivity index (χ1n) is 6.12. The third-order valence-electron chi connectivity index (χ3n) is 2.93. The van der Waals surface area contributed by atoms with Gasteiger partial charge in [0.25, 0.3) is 0 Å². The molecule has 0 aliphatic carbocycles. The summed E-state index contributed by atoms with van der Waals surface area (Å²) in [6.45, 7) is 4.79. The molecular formula is C14H15NO4. The molecule has 100 valence electrons. The molecule has 19 heavy (non-hydrogen) atoms. The van der Waals surface area contributed by atoms with Crippen LogP contribution in [0.25, 0.3) is 10.9 Å². The van der Waals surface area contributed by atoms with E-state index in [0.29, 0.717) is 29.8 Å². The molecule has 0 radical (unpaired) electrons. The van der Waals surface area contributed by atoms with Gasteiger partial charge in [0.05, 0.1) is 17.5 Å². The summed E-state index contributed by atoms with van der Waals surface area (Å²) in [7, 11) is 0. The van der Waals surface area contributed by atoms with Crippen LogP contribution < -0.4 is 10.2 Å². The number of ether oxygens (including phenoxy) is 1. The molecule has 0 amide bonds. The Morgan fingerprint density at radius 3 is 2.68 bits per heavy atom. The average molecular weight is 261 g/mol. The van der Waals surface area contributed by atoms with Crippen molar-refractivity contribution in [2.24, 2.45) is 0 Å². The maximum absolute atomic E-state index is 12.1. The quantitative estimate of drug-likeness (QED) is 0.915. The number of hydrogen-bond acceptors (Lipinski definition) is 3. The third-order valence-corrected chi connectivity index (χ3v) is 2.93. The molecule has 0 unspecified atom stereocenters. The minimum Gasteiger partial charge on any atom is -0.492 e. The Balaban J connectivity index is 2.90. The van der Waals surface area contributed by atoms with E-state index in [9.17, 15) is 9.59 Å². The molecule has 0 saturated heterocycles. The molecule has 2 aromatic rings. The predicted octanol–water partition coefficient (Wildman–Crippen LogP) is 2.12. The van der Waals surface area contributed by atoms with Crippen LogP contribution in [0.3, 0.4) is 0 Å². The van der Waals surface area contributed by atoms with Crippen LogP contribution in [0.4, 0.5) is 0 Å². The minimum absolute atomic E-state index is 0.219. The highest BCUT2D eigenvalue weighted by atomic mass is 16.5. The fraction of sp³-hybridized carbons (Fsp3) is 0.286. The van der Waals surface area contributed by atoms with Crippen LogP contribution in [-0.2, 0) is 6.54 Å². The summed E-state index contributed by atoms with van der Waals surface area (Å²) >= 11 is 0. The molecule has 0 saturated carbocycles. The number of benzene rings is 1. The number of carboxylic acids is 1. The Morgan fingerprint density at radius 1 is 1.37 bits per heavy atom. The Labute approximate surface area is 110 Å². The number of carboxylic acid groups (broad SMARTS) is 1. The number of carbonyl (C=O) groups is 1. The van der Waals surface area contributed by atoms with Crippen molar-refractivity contribution in [3.63, 3.8) is 0 Å². The maximum atomic E-state index is 12.1. The average Bonchev–Trinajstić information content (AvgIpc) is 2.40. The van der Waals surface area contributed by atoms with Gasteiger partial charge in [-0.05, 0) is 26.0 Å². The summed E-state index contributed by atoms with van der Waals surface area (Å²) in [6, 6.07) is 5.09. The van der Waals surface area contributed by atoms with Gasteiger partial charge in [0.2, 0.25) is 5.43 Å². The Kier molecular flexibility index (Phi) is 3.55.